The lowest BCUT2D eigenvalue weighted by atomic mass is 9.96. The molecule has 1 aromatic heterocycles. The molecule has 0 N–H and O–H groups in total. The molecule has 0 saturated carbocycles. The average Bonchev–Trinajstić information content (AvgIpc) is 2.63. The Kier molecular flexibility index (Phi) is 5.43. The van der Waals surface area contributed by atoms with Crippen molar-refractivity contribution in [2.75, 3.05) is 0 Å². The highest BCUT2D eigenvalue weighted by Gasteiger charge is 2.16. The van der Waals surface area contributed by atoms with Crippen molar-refractivity contribution < 1.29 is 4.74 Å². The van der Waals surface area contributed by atoms with E-state index in [1.807, 2.05) is 25.1 Å². The maximum atomic E-state index is 6.28. The maximum Gasteiger partial charge on any atom is 0.133 e. The number of nitrogens with zero attached hydrogens (tertiary/aromatic N) is 1. The zero-order valence-electron chi connectivity index (χ0n) is 15.3. The Bertz CT molecular complexity index is 890. The number of aromatic nitrogens is 1. The molecule has 0 bridgehead atoms. The Balaban J connectivity index is 2.10. The summed E-state index contributed by atoms with van der Waals surface area (Å²) in [7, 11) is 0. The molecular formula is C22H24BrNO. The van der Waals surface area contributed by atoms with Gasteiger partial charge in [0.1, 0.15) is 12.4 Å². The van der Waals surface area contributed by atoms with Crippen LogP contribution >= 0.6 is 15.9 Å². The summed E-state index contributed by atoms with van der Waals surface area (Å²) in [5.74, 6) is 1.45. The third-order valence-corrected chi connectivity index (χ3v) is 5.51. The molecule has 0 amide bonds. The lowest BCUT2D eigenvalue weighted by molar-refractivity contribution is 0.307. The molecule has 0 radical (unpaired) electrons. The van der Waals surface area contributed by atoms with Crippen LogP contribution in [0.2, 0.25) is 0 Å². The number of hydrogen-bond acceptors (Lipinski definition) is 2. The van der Waals surface area contributed by atoms with Gasteiger partial charge in [-0.2, -0.15) is 0 Å². The van der Waals surface area contributed by atoms with Gasteiger partial charge in [-0.15, -0.1) is 0 Å². The Hall–Kier alpha value is -1.87. The summed E-state index contributed by atoms with van der Waals surface area (Å²) in [6.45, 7) is 9.16. The highest BCUT2D eigenvalue weighted by atomic mass is 79.9. The van der Waals surface area contributed by atoms with Gasteiger partial charge in [-0.3, -0.25) is 4.98 Å². The Morgan fingerprint density at radius 2 is 1.84 bits per heavy atom. The van der Waals surface area contributed by atoms with Crippen molar-refractivity contribution in [1.29, 1.82) is 0 Å². The fourth-order valence-electron chi connectivity index (χ4n) is 2.96. The van der Waals surface area contributed by atoms with E-state index in [1.165, 1.54) is 11.1 Å². The van der Waals surface area contributed by atoms with Crippen LogP contribution in [0.15, 0.2) is 46.9 Å². The van der Waals surface area contributed by atoms with Crippen LogP contribution in [-0.2, 0) is 6.61 Å². The molecule has 1 heterocycles. The molecule has 0 aliphatic rings. The summed E-state index contributed by atoms with van der Waals surface area (Å²) in [4.78, 5) is 4.79. The molecule has 25 heavy (non-hydrogen) atoms. The highest BCUT2D eigenvalue weighted by molar-refractivity contribution is 9.10. The molecule has 2 aromatic carbocycles. The van der Waals surface area contributed by atoms with E-state index in [0.717, 1.165) is 38.8 Å². The van der Waals surface area contributed by atoms with E-state index in [0.29, 0.717) is 12.5 Å². The summed E-state index contributed by atoms with van der Waals surface area (Å²) < 4.78 is 7.31. The first-order valence-corrected chi connectivity index (χ1v) is 9.57. The van der Waals surface area contributed by atoms with Gasteiger partial charge in [-0.1, -0.05) is 44.2 Å². The van der Waals surface area contributed by atoms with Gasteiger partial charge in [0, 0.05) is 21.1 Å². The SMILES string of the molecule is CCC(C)c1cc(Br)c2nc(C)c(C)c(OCc3ccccc3)c2c1. The van der Waals surface area contributed by atoms with E-state index in [9.17, 15) is 0 Å². The molecule has 3 aromatic rings. The number of rotatable bonds is 5. The van der Waals surface area contributed by atoms with Gasteiger partial charge in [0.2, 0.25) is 0 Å². The zero-order chi connectivity index (χ0) is 18.0. The van der Waals surface area contributed by atoms with E-state index in [-0.39, 0.29) is 0 Å². The molecule has 3 heteroatoms. The molecule has 3 rings (SSSR count). The van der Waals surface area contributed by atoms with Crippen molar-refractivity contribution in [3.8, 4) is 5.75 Å². The molecule has 0 aliphatic heterocycles. The minimum absolute atomic E-state index is 0.504. The van der Waals surface area contributed by atoms with Crippen LogP contribution in [0.25, 0.3) is 10.9 Å². The van der Waals surface area contributed by atoms with Crippen molar-refractivity contribution >= 4 is 26.8 Å². The molecule has 0 fully saturated rings. The fraction of sp³-hybridized carbons (Fsp3) is 0.318. The predicted octanol–water partition coefficient (Wildman–Crippen LogP) is 6.71. The van der Waals surface area contributed by atoms with Gasteiger partial charge in [0.05, 0.1) is 5.52 Å². The average molecular weight is 398 g/mol. The quantitative estimate of drug-likeness (QED) is 0.477. The van der Waals surface area contributed by atoms with Crippen LogP contribution < -0.4 is 4.74 Å². The Labute approximate surface area is 158 Å². The monoisotopic (exact) mass is 397 g/mol. The van der Waals surface area contributed by atoms with Crippen LogP contribution in [-0.4, -0.2) is 4.98 Å². The molecule has 0 saturated heterocycles. The molecule has 2 nitrogen and oxygen atoms in total. The van der Waals surface area contributed by atoms with E-state index in [4.69, 9.17) is 9.72 Å². The second-order valence-corrected chi connectivity index (χ2v) is 7.49. The van der Waals surface area contributed by atoms with Crippen molar-refractivity contribution in [2.45, 2.75) is 46.6 Å². The standard InChI is InChI=1S/C22H24BrNO/c1-5-14(2)18-11-19-21(20(23)12-18)24-16(4)15(3)22(19)25-13-17-9-7-6-8-10-17/h6-12,14H,5,13H2,1-4H3. The summed E-state index contributed by atoms with van der Waals surface area (Å²) in [5, 5.41) is 1.09. The van der Waals surface area contributed by atoms with Crippen LogP contribution in [0.4, 0.5) is 0 Å². The summed E-state index contributed by atoms with van der Waals surface area (Å²) in [6.07, 6.45) is 1.11. The lowest BCUT2D eigenvalue weighted by Crippen LogP contribution is -2.02. The number of benzene rings is 2. The number of pyridine rings is 1. The van der Waals surface area contributed by atoms with Crippen molar-refractivity contribution in [1.82, 2.24) is 4.98 Å². The number of hydrogen-bond donors (Lipinski definition) is 0. The highest BCUT2D eigenvalue weighted by Crippen LogP contribution is 2.37. The Morgan fingerprint density at radius 3 is 2.52 bits per heavy atom. The largest absolute Gasteiger partial charge is 0.488 e. The molecule has 0 spiro atoms. The lowest BCUT2D eigenvalue weighted by Gasteiger charge is -2.17. The van der Waals surface area contributed by atoms with Gasteiger partial charge >= 0.3 is 0 Å². The molecule has 1 atom stereocenters. The second kappa shape index (κ2) is 7.57. The topological polar surface area (TPSA) is 22.1 Å². The first-order chi connectivity index (χ1) is 12.0. The normalized spacial score (nSPS) is 12.4. The molecule has 1 unspecified atom stereocenters. The first kappa shape index (κ1) is 17.9. The van der Waals surface area contributed by atoms with E-state index >= 15 is 0 Å². The second-order valence-electron chi connectivity index (χ2n) is 6.63. The number of aryl methyl sites for hydroxylation is 1. The van der Waals surface area contributed by atoms with E-state index < -0.39 is 0 Å². The first-order valence-electron chi connectivity index (χ1n) is 8.78. The van der Waals surface area contributed by atoms with Gasteiger partial charge in [-0.25, -0.2) is 0 Å². The van der Waals surface area contributed by atoms with Gasteiger partial charge in [-0.05, 0) is 65.4 Å². The summed E-state index contributed by atoms with van der Waals surface area (Å²) >= 11 is 3.72. The van der Waals surface area contributed by atoms with Crippen LogP contribution in [0.3, 0.4) is 0 Å². The van der Waals surface area contributed by atoms with E-state index in [1.54, 1.807) is 0 Å². The molecule has 0 aliphatic carbocycles. The van der Waals surface area contributed by atoms with Crippen LogP contribution in [0.5, 0.6) is 5.75 Å². The minimum atomic E-state index is 0.504. The van der Waals surface area contributed by atoms with Crippen LogP contribution in [0, 0.1) is 13.8 Å². The van der Waals surface area contributed by atoms with Gasteiger partial charge < -0.3 is 4.74 Å². The van der Waals surface area contributed by atoms with Crippen LogP contribution in [0.1, 0.15) is 48.6 Å². The number of halogens is 1. The molecule has 130 valence electrons. The van der Waals surface area contributed by atoms with Gasteiger partial charge in [0.25, 0.3) is 0 Å². The molecular weight excluding hydrogens is 374 g/mol. The third kappa shape index (κ3) is 3.72. The van der Waals surface area contributed by atoms with Crippen molar-refractivity contribution in [3.63, 3.8) is 0 Å². The summed E-state index contributed by atoms with van der Waals surface area (Å²) in [5.41, 5.74) is 5.57. The maximum absolute atomic E-state index is 6.28. The minimum Gasteiger partial charge on any atom is -0.488 e. The van der Waals surface area contributed by atoms with E-state index in [2.05, 4.69) is 61.0 Å². The summed E-state index contributed by atoms with van der Waals surface area (Å²) in [6, 6.07) is 14.7. The number of fused-ring (bicyclic) bond motifs is 1. The predicted molar refractivity (Wildman–Crippen MR) is 108 cm³/mol. The third-order valence-electron chi connectivity index (χ3n) is 4.90. The fourth-order valence-corrected chi connectivity index (χ4v) is 3.53. The smallest absolute Gasteiger partial charge is 0.133 e. The van der Waals surface area contributed by atoms with Gasteiger partial charge in [0.15, 0.2) is 0 Å². The Morgan fingerprint density at radius 1 is 1.12 bits per heavy atom. The van der Waals surface area contributed by atoms with Crippen molar-refractivity contribution in [3.05, 3.63) is 69.3 Å². The number of ether oxygens (including phenoxy) is 1. The zero-order valence-corrected chi connectivity index (χ0v) is 16.9. The van der Waals surface area contributed by atoms with Crippen molar-refractivity contribution in [2.24, 2.45) is 0 Å².